The number of rotatable bonds is 16. The van der Waals surface area contributed by atoms with Crippen molar-refractivity contribution in [2.24, 2.45) is 17.6 Å². The fraction of sp³-hybridized carbons (Fsp3) is 0.700. The molecular weight excluding hydrogens is 692 g/mol. The minimum absolute atomic E-state index is 0.239. The lowest BCUT2D eigenvalue weighted by Gasteiger charge is -2.34. The van der Waals surface area contributed by atoms with Crippen molar-refractivity contribution < 1.29 is 38.6 Å². The van der Waals surface area contributed by atoms with Crippen LogP contribution in [-0.4, -0.2) is 102 Å². The average molecular weight is 759 g/mol. The maximum atomic E-state index is 14.2. The first-order chi connectivity index (χ1) is 25.7. The Morgan fingerprint density at radius 3 is 2.02 bits per heavy atom. The number of aliphatic hydroxyl groups is 1. The first-order valence-corrected chi connectivity index (χ1v) is 19.8. The van der Waals surface area contributed by atoms with E-state index in [4.69, 9.17) is 10.5 Å². The maximum absolute atomic E-state index is 14.2. The fourth-order valence-electron chi connectivity index (χ4n) is 6.56. The van der Waals surface area contributed by atoms with E-state index < -0.39 is 84.3 Å². The summed E-state index contributed by atoms with van der Waals surface area (Å²) in [5, 5.41) is 20.7. The van der Waals surface area contributed by atoms with Crippen molar-refractivity contribution in [2.75, 3.05) is 20.1 Å². The molecule has 1 aromatic carbocycles. The number of carbonyl (C=O) groups is 6. The highest BCUT2D eigenvalue weighted by molar-refractivity contribution is 5.96. The molecule has 1 aliphatic rings. The number of carbonyl (C=O) groups excluding carboxylic acids is 6. The highest BCUT2D eigenvalue weighted by Gasteiger charge is 2.38. The largest absolute Gasteiger partial charge is 0.460 e. The molecular formula is C40H66N6O8. The molecule has 2 rings (SSSR count). The van der Waals surface area contributed by atoms with Gasteiger partial charge in [-0.1, -0.05) is 109 Å². The number of esters is 1. The summed E-state index contributed by atoms with van der Waals surface area (Å²) in [5.41, 5.74) is 6.83. The number of amides is 5. The van der Waals surface area contributed by atoms with E-state index in [0.29, 0.717) is 25.7 Å². The molecule has 7 N–H and O–H groups in total. The lowest BCUT2D eigenvalue weighted by molar-refractivity contribution is -0.157. The Morgan fingerprint density at radius 1 is 0.815 bits per heavy atom. The van der Waals surface area contributed by atoms with E-state index in [1.54, 1.807) is 13.8 Å². The van der Waals surface area contributed by atoms with Crippen LogP contribution in [0.5, 0.6) is 0 Å². The molecule has 54 heavy (non-hydrogen) atoms. The number of ether oxygens (including phenoxy) is 1. The molecule has 1 aliphatic heterocycles. The molecule has 0 unspecified atom stereocenters. The molecule has 0 spiro atoms. The maximum Gasteiger partial charge on any atom is 0.325 e. The number of nitrogens with two attached hydrogens (primary N) is 1. The third kappa shape index (κ3) is 15.0. The number of benzene rings is 1. The molecule has 1 heterocycles. The molecule has 14 nitrogen and oxygen atoms in total. The zero-order chi connectivity index (χ0) is 40.2. The van der Waals surface area contributed by atoms with Crippen molar-refractivity contribution in [3.05, 3.63) is 35.9 Å². The fourth-order valence-corrected chi connectivity index (χ4v) is 6.56. The van der Waals surface area contributed by atoms with Gasteiger partial charge in [0.25, 0.3) is 0 Å². The van der Waals surface area contributed by atoms with Crippen molar-refractivity contribution in [1.82, 2.24) is 26.2 Å². The minimum atomic E-state index is -1.49. The molecule has 14 heteroatoms. The second-order valence-corrected chi connectivity index (χ2v) is 14.7. The van der Waals surface area contributed by atoms with Crippen molar-refractivity contribution in [1.29, 1.82) is 0 Å². The second kappa shape index (κ2) is 24.4. The summed E-state index contributed by atoms with van der Waals surface area (Å²) in [6.45, 7) is 7.83. The summed E-state index contributed by atoms with van der Waals surface area (Å²) in [7, 11) is 1.54. The van der Waals surface area contributed by atoms with Crippen LogP contribution >= 0.6 is 0 Å². The van der Waals surface area contributed by atoms with Crippen LogP contribution in [0.2, 0.25) is 0 Å². The first-order valence-electron chi connectivity index (χ1n) is 19.8. The van der Waals surface area contributed by atoms with E-state index in [0.717, 1.165) is 31.2 Å². The Kier molecular flexibility index (Phi) is 20.8. The van der Waals surface area contributed by atoms with Crippen molar-refractivity contribution in [2.45, 2.75) is 148 Å². The Balaban J connectivity index is 2.51. The molecule has 0 aromatic heterocycles. The molecule has 1 aromatic rings. The van der Waals surface area contributed by atoms with Gasteiger partial charge in [-0.05, 0) is 44.1 Å². The number of aryl methyl sites for hydroxylation is 1. The smallest absolute Gasteiger partial charge is 0.325 e. The van der Waals surface area contributed by atoms with Gasteiger partial charge in [-0.15, -0.1) is 0 Å². The molecule has 5 amide bonds. The molecule has 1 saturated heterocycles. The van der Waals surface area contributed by atoms with Gasteiger partial charge in [-0.2, -0.15) is 0 Å². The standard InChI is InChI=1S/C40H66N6O8/c1-7-9-10-11-12-13-14-18-21-32-27(4)40(53)46(6)31(23-22-29-19-16-15-17-20-29)37(50)44-34(26(3)8-2)39(52)43-30(24-41)36(49)45-35(28(5)47)38(51)42-25-33(48)54-32/h15-17,19-20,26-28,30-32,34-35,47H,7-14,18,21-25,41H2,1-6H3,(H,42,51)(H,43,52)(H,44,50)(H,45,49)/t26-,27-,28+,30+,31+,32-,34+,35+/m1/s1. The van der Waals surface area contributed by atoms with Crippen LogP contribution in [0, 0.1) is 11.8 Å². The summed E-state index contributed by atoms with van der Waals surface area (Å²) < 4.78 is 5.85. The van der Waals surface area contributed by atoms with Gasteiger partial charge in [-0.3, -0.25) is 28.8 Å². The first kappa shape index (κ1) is 46.1. The Morgan fingerprint density at radius 2 is 1.43 bits per heavy atom. The van der Waals surface area contributed by atoms with Crippen molar-refractivity contribution in [3.63, 3.8) is 0 Å². The van der Waals surface area contributed by atoms with E-state index in [1.165, 1.54) is 38.1 Å². The zero-order valence-electron chi connectivity index (χ0n) is 33.2. The minimum Gasteiger partial charge on any atom is -0.460 e. The number of likely N-dealkylation sites (N-methyl/N-ethyl adjacent to an activating group) is 1. The van der Waals surface area contributed by atoms with Crippen LogP contribution in [0.15, 0.2) is 30.3 Å². The third-order valence-corrected chi connectivity index (χ3v) is 10.4. The van der Waals surface area contributed by atoms with E-state index in [1.807, 2.05) is 37.3 Å². The molecule has 0 bridgehead atoms. The van der Waals surface area contributed by atoms with Gasteiger partial charge in [0.1, 0.15) is 36.8 Å². The Labute approximate surface area is 321 Å². The summed E-state index contributed by atoms with van der Waals surface area (Å²) in [6.07, 6.45) is 7.73. The van der Waals surface area contributed by atoms with Gasteiger partial charge < -0.3 is 41.7 Å². The van der Waals surface area contributed by atoms with E-state index in [9.17, 15) is 33.9 Å². The quantitative estimate of drug-likeness (QED) is 0.108. The van der Waals surface area contributed by atoms with Crippen LogP contribution in [0.3, 0.4) is 0 Å². The Bertz CT molecular complexity index is 1340. The normalized spacial score (nSPS) is 25.2. The Hall–Kier alpha value is -4.04. The highest BCUT2D eigenvalue weighted by atomic mass is 16.5. The predicted octanol–water partition coefficient (Wildman–Crippen LogP) is 2.49. The summed E-state index contributed by atoms with van der Waals surface area (Å²) >= 11 is 0. The number of aliphatic hydroxyl groups excluding tert-OH is 1. The average Bonchev–Trinajstić information content (AvgIpc) is 3.16. The number of nitrogens with one attached hydrogen (secondary N) is 4. The van der Waals surface area contributed by atoms with Crippen LogP contribution in [0.25, 0.3) is 0 Å². The van der Waals surface area contributed by atoms with E-state index >= 15 is 0 Å². The van der Waals surface area contributed by atoms with Gasteiger partial charge in [0.05, 0.1) is 12.0 Å². The van der Waals surface area contributed by atoms with Crippen LogP contribution in [0.1, 0.15) is 111 Å². The lowest BCUT2D eigenvalue weighted by Crippen LogP contribution is -2.62. The van der Waals surface area contributed by atoms with Crippen molar-refractivity contribution >= 4 is 35.5 Å². The SMILES string of the molecule is CCCCCCCCCC[C@H]1OC(=O)CNC(=O)[C@H]([C@H](C)O)NC(=O)[C@H](CN)NC(=O)[C@H]([C@H](C)CC)NC(=O)[C@H](CCc2ccccc2)N(C)C(=O)[C@@H]1C. The predicted molar refractivity (Wildman–Crippen MR) is 207 cm³/mol. The summed E-state index contributed by atoms with van der Waals surface area (Å²) in [5.74, 6) is -5.38. The van der Waals surface area contributed by atoms with Crippen LogP contribution in [-0.2, 0) is 39.9 Å². The lowest BCUT2D eigenvalue weighted by atomic mass is 9.94. The van der Waals surface area contributed by atoms with Gasteiger partial charge in [0.2, 0.25) is 29.5 Å². The summed E-state index contributed by atoms with van der Waals surface area (Å²) in [6, 6.07) is 4.62. The van der Waals surface area contributed by atoms with Gasteiger partial charge in [0.15, 0.2) is 0 Å². The number of hydrogen-bond donors (Lipinski definition) is 6. The van der Waals surface area contributed by atoms with Crippen LogP contribution in [0.4, 0.5) is 0 Å². The third-order valence-electron chi connectivity index (χ3n) is 10.4. The number of unbranched alkanes of at least 4 members (excludes halogenated alkanes) is 7. The van der Waals surface area contributed by atoms with Crippen molar-refractivity contribution in [3.8, 4) is 0 Å². The molecule has 0 aliphatic carbocycles. The molecule has 1 fully saturated rings. The topological polar surface area (TPSA) is 209 Å². The zero-order valence-corrected chi connectivity index (χ0v) is 33.2. The number of cyclic esters (lactones) is 1. The van der Waals surface area contributed by atoms with Gasteiger partial charge in [-0.25, -0.2) is 0 Å². The monoisotopic (exact) mass is 758 g/mol. The molecule has 0 saturated carbocycles. The molecule has 0 radical (unpaired) electrons. The highest BCUT2D eigenvalue weighted by Crippen LogP contribution is 2.22. The number of nitrogens with zero attached hydrogens (tertiary/aromatic N) is 1. The number of hydrogen-bond acceptors (Lipinski definition) is 9. The van der Waals surface area contributed by atoms with Gasteiger partial charge >= 0.3 is 5.97 Å². The van der Waals surface area contributed by atoms with E-state index in [-0.39, 0.29) is 18.9 Å². The van der Waals surface area contributed by atoms with E-state index in [2.05, 4.69) is 28.2 Å². The second-order valence-electron chi connectivity index (χ2n) is 14.7. The summed E-state index contributed by atoms with van der Waals surface area (Å²) in [4.78, 5) is 83.2. The van der Waals surface area contributed by atoms with Gasteiger partial charge in [0, 0.05) is 13.6 Å². The molecule has 304 valence electrons. The molecule has 8 atom stereocenters. The van der Waals surface area contributed by atoms with Crippen LogP contribution < -0.4 is 27.0 Å².